The summed E-state index contributed by atoms with van der Waals surface area (Å²) >= 11 is 0. The number of rotatable bonds is 2. The van der Waals surface area contributed by atoms with Gasteiger partial charge in [0, 0.05) is 12.6 Å². The molecular formula is C7H8N2O. The van der Waals surface area contributed by atoms with E-state index in [1.807, 2.05) is 0 Å². The molecule has 0 aromatic carbocycles. The maximum absolute atomic E-state index is 10.0. The fourth-order valence-electron chi connectivity index (χ4n) is 0.653. The van der Waals surface area contributed by atoms with Gasteiger partial charge in [-0.1, -0.05) is 6.07 Å². The maximum Gasteiger partial charge on any atom is 0.124 e. The monoisotopic (exact) mass is 136 g/mol. The minimum absolute atomic E-state index is 0.410. The van der Waals surface area contributed by atoms with Gasteiger partial charge in [-0.25, -0.2) is 4.98 Å². The molecular weight excluding hydrogens is 128 g/mol. The number of pyridine rings is 1. The Morgan fingerprint density at radius 1 is 1.60 bits per heavy atom. The number of anilines is 1. The quantitative estimate of drug-likeness (QED) is 0.599. The number of hydrogen-bond donors (Lipinski definition) is 1. The zero-order valence-corrected chi connectivity index (χ0v) is 5.45. The third-order valence-electron chi connectivity index (χ3n) is 1.17. The van der Waals surface area contributed by atoms with Gasteiger partial charge in [0.15, 0.2) is 0 Å². The van der Waals surface area contributed by atoms with Crippen molar-refractivity contribution in [3.05, 3.63) is 23.9 Å². The number of aldehydes is 1. The standard InChI is InChI=1S/C7H8N2O/c8-7-2-1-6(3-4-10)5-9-7/h1-2,4-5H,3H2,(H2,8,9). The molecule has 0 aliphatic carbocycles. The summed E-state index contributed by atoms with van der Waals surface area (Å²) in [6, 6.07) is 3.47. The van der Waals surface area contributed by atoms with Crippen molar-refractivity contribution >= 4 is 12.1 Å². The predicted octanol–water partition coefficient (Wildman–Crippen LogP) is 0.405. The van der Waals surface area contributed by atoms with E-state index in [-0.39, 0.29) is 0 Å². The fraction of sp³-hybridized carbons (Fsp3) is 0.143. The Balaban J connectivity index is 2.78. The van der Waals surface area contributed by atoms with Crippen molar-refractivity contribution in [1.82, 2.24) is 4.98 Å². The van der Waals surface area contributed by atoms with Gasteiger partial charge in [-0.05, 0) is 11.6 Å². The van der Waals surface area contributed by atoms with Crippen LogP contribution in [-0.2, 0) is 11.2 Å². The molecule has 3 heteroatoms. The minimum Gasteiger partial charge on any atom is -0.384 e. The molecule has 10 heavy (non-hydrogen) atoms. The number of hydrogen-bond acceptors (Lipinski definition) is 3. The number of aromatic nitrogens is 1. The normalized spacial score (nSPS) is 9.20. The van der Waals surface area contributed by atoms with E-state index in [9.17, 15) is 4.79 Å². The molecule has 0 fully saturated rings. The highest BCUT2D eigenvalue weighted by Gasteiger charge is 1.89. The smallest absolute Gasteiger partial charge is 0.124 e. The summed E-state index contributed by atoms with van der Waals surface area (Å²) in [5.74, 6) is 0.481. The van der Waals surface area contributed by atoms with Crippen molar-refractivity contribution in [1.29, 1.82) is 0 Å². The molecule has 3 nitrogen and oxygen atoms in total. The first-order chi connectivity index (χ1) is 4.83. The Labute approximate surface area is 58.9 Å². The third kappa shape index (κ3) is 1.55. The Morgan fingerprint density at radius 3 is 2.90 bits per heavy atom. The molecule has 0 atom stereocenters. The predicted molar refractivity (Wildman–Crippen MR) is 38.4 cm³/mol. The summed E-state index contributed by atoms with van der Waals surface area (Å²) in [5, 5.41) is 0. The maximum atomic E-state index is 10.0. The molecule has 0 saturated heterocycles. The second-order valence-electron chi connectivity index (χ2n) is 1.96. The summed E-state index contributed by atoms with van der Waals surface area (Å²) in [4.78, 5) is 13.8. The molecule has 1 aromatic rings. The highest BCUT2D eigenvalue weighted by molar-refractivity contribution is 5.54. The van der Waals surface area contributed by atoms with Crippen molar-refractivity contribution in [3.8, 4) is 0 Å². The average Bonchev–Trinajstić information content (AvgIpc) is 1.95. The van der Waals surface area contributed by atoms with Gasteiger partial charge in [-0.3, -0.25) is 0 Å². The average molecular weight is 136 g/mol. The number of nitrogen functional groups attached to an aromatic ring is 1. The zero-order chi connectivity index (χ0) is 7.40. The first-order valence-corrected chi connectivity index (χ1v) is 2.97. The summed E-state index contributed by atoms with van der Waals surface area (Å²) < 4.78 is 0. The van der Waals surface area contributed by atoms with E-state index in [1.165, 1.54) is 0 Å². The van der Waals surface area contributed by atoms with Crippen molar-refractivity contribution in [2.75, 3.05) is 5.73 Å². The van der Waals surface area contributed by atoms with E-state index in [0.717, 1.165) is 11.8 Å². The lowest BCUT2D eigenvalue weighted by molar-refractivity contribution is -0.107. The fourth-order valence-corrected chi connectivity index (χ4v) is 0.653. The van der Waals surface area contributed by atoms with Crippen molar-refractivity contribution in [3.63, 3.8) is 0 Å². The molecule has 0 saturated carbocycles. The Morgan fingerprint density at radius 2 is 2.40 bits per heavy atom. The molecule has 0 bridgehead atoms. The van der Waals surface area contributed by atoms with Crippen LogP contribution in [0.5, 0.6) is 0 Å². The van der Waals surface area contributed by atoms with Crippen molar-refractivity contribution < 1.29 is 4.79 Å². The van der Waals surface area contributed by atoms with Gasteiger partial charge in [0.25, 0.3) is 0 Å². The second-order valence-corrected chi connectivity index (χ2v) is 1.96. The largest absolute Gasteiger partial charge is 0.384 e. The van der Waals surface area contributed by atoms with E-state index in [4.69, 9.17) is 5.73 Å². The second kappa shape index (κ2) is 2.96. The van der Waals surface area contributed by atoms with Crippen LogP contribution in [0.2, 0.25) is 0 Å². The van der Waals surface area contributed by atoms with E-state index in [1.54, 1.807) is 18.3 Å². The molecule has 0 amide bonds. The van der Waals surface area contributed by atoms with Crippen LogP contribution in [-0.4, -0.2) is 11.3 Å². The van der Waals surface area contributed by atoms with E-state index in [2.05, 4.69) is 4.98 Å². The molecule has 1 rings (SSSR count). The van der Waals surface area contributed by atoms with Gasteiger partial charge < -0.3 is 10.5 Å². The Bertz CT molecular complexity index is 218. The molecule has 1 aromatic heterocycles. The van der Waals surface area contributed by atoms with E-state index in [0.29, 0.717) is 12.2 Å². The van der Waals surface area contributed by atoms with Crippen LogP contribution >= 0.6 is 0 Å². The van der Waals surface area contributed by atoms with Gasteiger partial charge in [-0.15, -0.1) is 0 Å². The molecule has 0 aliphatic rings. The Kier molecular flexibility index (Phi) is 1.99. The number of nitrogens with zero attached hydrogens (tertiary/aromatic N) is 1. The van der Waals surface area contributed by atoms with Crippen molar-refractivity contribution in [2.45, 2.75) is 6.42 Å². The van der Waals surface area contributed by atoms with Crippen LogP contribution in [0.25, 0.3) is 0 Å². The summed E-state index contributed by atoms with van der Waals surface area (Å²) in [7, 11) is 0. The SMILES string of the molecule is Nc1ccc(CC=O)cn1. The van der Waals surface area contributed by atoms with Gasteiger partial charge >= 0.3 is 0 Å². The van der Waals surface area contributed by atoms with Gasteiger partial charge in [0.1, 0.15) is 12.1 Å². The van der Waals surface area contributed by atoms with Crippen LogP contribution in [0.3, 0.4) is 0 Å². The van der Waals surface area contributed by atoms with Gasteiger partial charge in [-0.2, -0.15) is 0 Å². The first kappa shape index (κ1) is 6.74. The highest BCUT2D eigenvalue weighted by atomic mass is 16.1. The third-order valence-corrected chi connectivity index (χ3v) is 1.17. The van der Waals surface area contributed by atoms with Crippen LogP contribution in [0, 0.1) is 0 Å². The number of nitrogens with two attached hydrogens (primary N) is 1. The van der Waals surface area contributed by atoms with Crippen LogP contribution < -0.4 is 5.73 Å². The summed E-state index contributed by atoms with van der Waals surface area (Å²) in [5.41, 5.74) is 6.22. The lowest BCUT2D eigenvalue weighted by Crippen LogP contribution is -1.91. The lowest BCUT2D eigenvalue weighted by atomic mass is 10.2. The van der Waals surface area contributed by atoms with Crippen molar-refractivity contribution in [2.24, 2.45) is 0 Å². The molecule has 52 valence electrons. The minimum atomic E-state index is 0.410. The molecule has 0 spiro atoms. The molecule has 0 aliphatic heterocycles. The highest BCUT2D eigenvalue weighted by Crippen LogP contribution is 1.99. The molecule has 2 N–H and O–H groups in total. The van der Waals surface area contributed by atoms with E-state index >= 15 is 0 Å². The number of carbonyl (C=O) groups is 1. The number of carbonyl (C=O) groups excluding carboxylic acids is 1. The molecule has 0 radical (unpaired) electrons. The van der Waals surface area contributed by atoms with Gasteiger partial charge in [0.2, 0.25) is 0 Å². The summed E-state index contributed by atoms with van der Waals surface area (Å²) in [6.07, 6.45) is 2.85. The summed E-state index contributed by atoms with van der Waals surface area (Å²) in [6.45, 7) is 0. The zero-order valence-electron chi connectivity index (χ0n) is 5.45. The van der Waals surface area contributed by atoms with E-state index < -0.39 is 0 Å². The molecule has 1 heterocycles. The van der Waals surface area contributed by atoms with Gasteiger partial charge in [0.05, 0.1) is 0 Å². The molecule has 0 unspecified atom stereocenters. The van der Waals surface area contributed by atoms with Crippen LogP contribution in [0.4, 0.5) is 5.82 Å². The topological polar surface area (TPSA) is 56.0 Å². The first-order valence-electron chi connectivity index (χ1n) is 2.97. The van der Waals surface area contributed by atoms with Crippen LogP contribution in [0.1, 0.15) is 5.56 Å². The Hall–Kier alpha value is -1.38. The van der Waals surface area contributed by atoms with Crippen LogP contribution in [0.15, 0.2) is 18.3 Å². The lowest BCUT2D eigenvalue weighted by Gasteiger charge is -1.93.